The van der Waals surface area contributed by atoms with Crippen molar-refractivity contribution in [1.82, 2.24) is 14.9 Å². The first-order valence-electron chi connectivity index (χ1n) is 9.48. The maximum atomic E-state index is 5.92. The lowest BCUT2D eigenvalue weighted by Gasteiger charge is -2.45. The number of hydrogen-bond acceptors (Lipinski definition) is 4. The molecule has 0 aliphatic carbocycles. The van der Waals surface area contributed by atoms with Crippen LogP contribution in [0.3, 0.4) is 0 Å². The normalized spacial score (nSPS) is 21.0. The molecule has 0 saturated carbocycles. The number of pyridine rings is 2. The fraction of sp³-hybridized carbons (Fsp3) is 0.364. The number of anilines is 1. The van der Waals surface area contributed by atoms with E-state index in [0.29, 0.717) is 17.2 Å². The maximum Gasteiger partial charge on any atom is 0.129 e. The topological polar surface area (TPSA) is 32.3 Å². The fourth-order valence-electron chi connectivity index (χ4n) is 4.15. The van der Waals surface area contributed by atoms with Crippen molar-refractivity contribution in [3.63, 3.8) is 0 Å². The van der Waals surface area contributed by atoms with E-state index in [2.05, 4.69) is 64.8 Å². The van der Waals surface area contributed by atoms with Crippen LogP contribution in [0.4, 0.5) is 5.69 Å². The lowest BCUT2D eigenvalue weighted by molar-refractivity contribution is 0.123. The van der Waals surface area contributed by atoms with Crippen molar-refractivity contribution in [3.05, 3.63) is 65.1 Å². The molecule has 5 heteroatoms. The average molecular weight is 381 g/mol. The second kappa shape index (κ2) is 7.45. The lowest BCUT2D eigenvalue weighted by atomic mass is 10.0. The van der Waals surface area contributed by atoms with Gasteiger partial charge in [0, 0.05) is 55.2 Å². The summed E-state index contributed by atoms with van der Waals surface area (Å²) in [7, 11) is 0. The summed E-state index contributed by atoms with van der Waals surface area (Å²) < 4.78 is 0. The van der Waals surface area contributed by atoms with Crippen molar-refractivity contribution < 1.29 is 0 Å². The van der Waals surface area contributed by atoms with Crippen molar-refractivity contribution in [2.24, 2.45) is 0 Å². The van der Waals surface area contributed by atoms with E-state index in [1.807, 2.05) is 24.5 Å². The summed E-state index contributed by atoms with van der Waals surface area (Å²) in [6.45, 7) is 9.64. The van der Waals surface area contributed by atoms with Crippen molar-refractivity contribution >= 4 is 28.2 Å². The highest BCUT2D eigenvalue weighted by Crippen LogP contribution is 2.31. The Morgan fingerprint density at radius 1 is 1.04 bits per heavy atom. The quantitative estimate of drug-likeness (QED) is 0.617. The van der Waals surface area contributed by atoms with Crippen LogP contribution in [0.1, 0.15) is 25.0 Å². The molecule has 2 atom stereocenters. The van der Waals surface area contributed by atoms with Crippen LogP contribution in [0.5, 0.6) is 0 Å². The minimum Gasteiger partial charge on any atom is -0.368 e. The first-order chi connectivity index (χ1) is 13.0. The van der Waals surface area contributed by atoms with Gasteiger partial charge in [0.05, 0.1) is 5.52 Å². The Bertz CT molecular complexity index is 929. The molecule has 4 nitrogen and oxygen atoms in total. The monoisotopic (exact) mass is 380 g/mol. The van der Waals surface area contributed by atoms with Gasteiger partial charge < -0.3 is 4.90 Å². The van der Waals surface area contributed by atoms with E-state index >= 15 is 0 Å². The van der Waals surface area contributed by atoms with Crippen molar-refractivity contribution in [1.29, 1.82) is 0 Å². The van der Waals surface area contributed by atoms with Crippen LogP contribution >= 0.6 is 11.6 Å². The predicted octanol–water partition coefficient (Wildman–Crippen LogP) is 4.69. The van der Waals surface area contributed by atoms with Crippen LogP contribution in [0, 0.1) is 6.92 Å². The largest absolute Gasteiger partial charge is 0.368 e. The molecular weight excluding hydrogens is 356 g/mol. The van der Waals surface area contributed by atoms with Crippen molar-refractivity contribution in [3.8, 4) is 0 Å². The molecule has 2 unspecified atom stereocenters. The Kier molecular flexibility index (Phi) is 5.02. The smallest absolute Gasteiger partial charge is 0.129 e. The standard InChI is InChI=1S/C22H25ClN4/c1-15-6-8-20(19-5-4-10-24-22(15)19)26-12-16(2)27(17(3)13-26)14-18-7-9-21(23)25-11-18/h4-11,16-17H,12-14H2,1-3H3. The second-order valence-corrected chi connectivity index (χ2v) is 7.95. The number of fused-ring (bicyclic) bond motifs is 1. The van der Waals surface area contributed by atoms with Gasteiger partial charge in [-0.05, 0) is 56.2 Å². The molecule has 0 bridgehead atoms. The fourth-order valence-corrected chi connectivity index (χ4v) is 4.26. The molecule has 140 valence electrons. The SMILES string of the molecule is Cc1ccc(N2CC(C)N(Cc3ccc(Cl)nc3)C(C)C2)c2cccnc12. The summed E-state index contributed by atoms with van der Waals surface area (Å²) >= 11 is 5.92. The minimum atomic E-state index is 0.442. The van der Waals surface area contributed by atoms with Crippen LogP contribution < -0.4 is 4.90 Å². The zero-order valence-corrected chi connectivity index (χ0v) is 16.8. The Hall–Kier alpha value is -2.17. The van der Waals surface area contributed by atoms with E-state index < -0.39 is 0 Å². The molecule has 1 aliphatic heterocycles. The number of aromatic nitrogens is 2. The van der Waals surface area contributed by atoms with Gasteiger partial charge in [-0.1, -0.05) is 23.7 Å². The Morgan fingerprint density at radius 3 is 2.52 bits per heavy atom. The first-order valence-corrected chi connectivity index (χ1v) is 9.86. The van der Waals surface area contributed by atoms with E-state index in [4.69, 9.17) is 11.6 Å². The van der Waals surface area contributed by atoms with Gasteiger partial charge in [0.1, 0.15) is 5.15 Å². The number of benzene rings is 1. The van der Waals surface area contributed by atoms with Crippen LogP contribution in [0.2, 0.25) is 5.15 Å². The molecule has 1 saturated heterocycles. The molecule has 0 radical (unpaired) electrons. The molecule has 1 fully saturated rings. The Morgan fingerprint density at radius 2 is 1.81 bits per heavy atom. The average Bonchev–Trinajstić information content (AvgIpc) is 2.66. The third-order valence-electron chi connectivity index (χ3n) is 5.54. The highest BCUT2D eigenvalue weighted by Gasteiger charge is 2.30. The number of nitrogens with zero attached hydrogens (tertiary/aromatic N) is 4. The molecule has 3 aromatic rings. The molecule has 0 amide bonds. The molecule has 0 spiro atoms. The van der Waals surface area contributed by atoms with Gasteiger partial charge in [-0.15, -0.1) is 0 Å². The van der Waals surface area contributed by atoms with Gasteiger partial charge >= 0.3 is 0 Å². The van der Waals surface area contributed by atoms with E-state index in [1.165, 1.54) is 22.2 Å². The third-order valence-corrected chi connectivity index (χ3v) is 5.77. The molecule has 2 aromatic heterocycles. The maximum absolute atomic E-state index is 5.92. The van der Waals surface area contributed by atoms with Gasteiger partial charge in [-0.2, -0.15) is 0 Å². The summed E-state index contributed by atoms with van der Waals surface area (Å²) in [5.41, 5.74) is 4.82. The van der Waals surface area contributed by atoms with E-state index in [-0.39, 0.29) is 0 Å². The predicted molar refractivity (Wildman–Crippen MR) is 112 cm³/mol. The van der Waals surface area contributed by atoms with Crippen LogP contribution in [-0.2, 0) is 6.54 Å². The number of aryl methyl sites for hydroxylation is 1. The van der Waals surface area contributed by atoms with Gasteiger partial charge in [0.2, 0.25) is 0 Å². The number of rotatable bonds is 3. The molecule has 4 rings (SSSR count). The van der Waals surface area contributed by atoms with Crippen molar-refractivity contribution in [2.45, 2.75) is 39.4 Å². The zero-order chi connectivity index (χ0) is 19.0. The molecule has 3 heterocycles. The number of halogens is 1. The van der Waals surface area contributed by atoms with Gasteiger partial charge in [-0.25, -0.2) is 4.98 Å². The Labute approximate surface area is 165 Å². The lowest BCUT2D eigenvalue weighted by Crippen LogP contribution is -2.56. The Balaban J connectivity index is 1.57. The summed E-state index contributed by atoms with van der Waals surface area (Å²) in [6.07, 6.45) is 3.76. The summed E-state index contributed by atoms with van der Waals surface area (Å²) in [5.74, 6) is 0. The van der Waals surface area contributed by atoms with Gasteiger partial charge in [-0.3, -0.25) is 9.88 Å². The molecule has 1 aromatic carbocycles. The third kappa shape index (κ3) is 3.64. The molecular formula is C22H25ClN4. The van der Waals surface area contributed by atoms with Crippen molar-refractivity contribution in [2.75, 3.05) is 18.0 Å². The van der Waals surface area contributed by atoms with Gasteiger partial charge in [0.25, 0.3) is 0 Å². The second-order valence-electron chi connectivity index (χ2n) is 7.57. The van der Waals surface area contributed by atoms with E-state index in [9.17, 15) is 0 Å². The van der Waals surface area contributed by atoms with E-state index in [1.54, 1.807) is 0 Å². The molecule has 27 heavy (non-hydrogen) atoms. The summed E-state index contributed by atoms with van der Waals surface area (Å²) in [5, 5.41) is 1.79. The van der Waals surface area contributed by atoms with Crippen LogP contribution in [0.25, 0.3) is 10.9 Å². The highest BCUT2D eigenvalue weighted by molar-refractivity contribution is 6.29. The van der Waals surface area contributed by atoms with E-state index in [0.717, 1.165) is 25.2 Å². The summed E-state index contributed by atoms with van der Waals surface area (Å²) in [6, 6.07) is 13.5. The highest BCUT2D eigenvalue weighted by atomic mass is 35.5. The number of piperazine rings is 1. The molecule has 0 N–H and O–H groups in total. The zero-order valence-electron chi connectivity index (χ0n) is 16.1. The number of hydrogen-bond donors (Lipinski definition) is 0. The molecule has 1 aliphatic rings. The summed E-state index contributed by atoms with van der Waals surface area (Å²) in [4.78, 5) is 13.9. The van der Waals surface area contributed by atoms with Crippen LogP contribution in [-0.4, -0.2) is 40.0 Å². The van der Waals surface area contributed by atoms with Gasteiger partial charge in [0.15, 0.2) is 0 Å². The van der Waals surface area contributed by atoms with Crippen LogP contribution in [0.15, 0.2) is 48.8 Å². The minimum absolute atomic E-state index is 0.442. The first kappa shape index (κ1) is 18.2.